The zero-order valence-corrected chi connectivity index (χ0v) is 15.1. The molecule has 6 nitrogen and oxygen atoms in total. The second kappa shape index (κ2) is 6.17. The molecular formula is C19H22N4O2. The van der Waals surface area contributed by atoms with Crippen molar-refractivity contribution in [1.82, 2.24) is 10.2 Å². The van der Waals surface area contributed by atoms with Gasteiger partial charge in [-0.15, -0.1) is 5.10 Å². The normalized spacial score (nSPS) is 16.4. The third kappa shape index (κ3) is 2.62. The van der Waals surface area contributed by atoms with Crippen molar-refractivity contribution in [2.45, 2.75) is 39.5 Å². The summed E-state index contributed by atoms with van der Waals surface area (Å²) in [6, 6.07) is 6.34. The lowest BCUT2D eigenvalue weighted by Crippen LogP contribution is -2.21. The standard InChI is InChI=1S/C19H22N4O2/c1-9(2)12-7-13(10(3)6-15(12)24-5)17-14(8-20)18(21)25-19-16(17)11(4)22-23-19/h6-7,9,17H,21H2,1-5H3,(H,22,23)/t17-/m0/s1. The van der Waals surface area contributed by atoms with Gasteiger partial charge < -0.3 is 15.2 Å². The predicted octanol–water partition coefficient (Wildman–Crippen LogP) is 3.38. The number of allylic oxidation sites excluding steroid dienone is 1. The molecular weight excluding hydrogens is 316 g/mol. The molecule has 2 aromatic rings. The Morgan fingerprint density at radius 3 is 2.68 bits per heavy atom. The Morgan fingerprint density at radius 2 is 2.08 bits per heavy atom. The van der Waals surface area contributed by atoms with E-state index < -0.39 is 0 Å². The molecule has 1 aliphatic heterocycles. The number of methoxy groups -OCH3 is 1. The van der Waals surface area contributed by atoms with Gasteiger partial charge in [-0.1, -0.05) is 19.9 Å². The molecule has 130 valence electrons. The van der Waals surface area contributed by atoms with Crippen LogP contribution in [0.5, 0.6) is 11.6 Å². The number of nitrogens with one attached hydrogen (secondary N) is 1. The Hall–Kier alpha value is -2.94. The third-order valence-electron chi connectivity index (χ3n) is 4.68. The topological polar surface area (TPSA) is 96.9 Å². The molecule has 0 saturated heterocycles. The highest BCUT2D eigenvalue weighted by atomic mass is 16.5. The maximum atomic E-state index is 9.69. The number of hydrogen-bond acceptors (Lipinski definition) is 5. The van der Waals surface area contributed by atoms with Gasteiger partial charge in [-0.3, -0.25) is 5.10 Å². The van der Waals surface area contributed by atoms with Gasteiger partial charge in [0.1, 0.15) is 17.4 Å². The van der Waals surface area contributed by atoms with Crippen LogP contribution in [0.4, 0.5) is 0 Å². The molecule has 0 amide bonds. The summed E-state index contributed by atoms with van der Waals surface area (Å²) in [6.45, 7) is 8.16. The van der Waals surface area contributed by atoms with Gasteiger partial charge in [0, 0.05) is 11.3 Å². The summed E-state index contributed by atoms with van der Waals surface area (Å²) in [5.41, 5.74) is 11.3. The van der Waals surface area contributed by atoms with Crippen LogP contribution in [0.15, 0.2) is 23.6 Å². The number of aryl methyl sites for hydroxylation is 2. The fourth-order valence-electron chi connectivity index (χ4n) is 3.36. The van der Waals surface area contributed by atoms with Crippen molar-refractivity contribution in [3.8, 4) is 17.7 Å². The molecule has 1 aromatic carbocycles. The summed E-state index contributed by atoms with van der Waals surface area (Å²) in [4.78, 5) is 0. The molecule has 1 atom stereocenters. The Balaban J connectivity index is 2.29. The fraction of sp³-hybridized carbons (Fsp3) is 0.368. The van der Waals surface area contributed by atoms with Crippen molar-refractivity contribution in [3.05, 3.63) is 51.5 Å². The molecule has 0 bridgehead atoms. The first kappa shape index (κ1) is 16.9. The molecule has 2 heterocycles. The molecule has 0 spiro atoms. The molecule has 0 saturated carbocycles. The van der Waals surface area contributed by atoms with E-state index in [9.17, 15) is 5.26 Å². The summed E-state index contributed by atoms with van der Waals surface area (Å²) >= 11 is 0. The maximum absolute atomic E-state index is 9.69. The monoisotopic (exact) mass is 338 g/mol. The molecule has 0 fully saturated rings. The summed E-state index contributed by atoms with van der Waals surface area (Å²) < 4.78 is 11.1. The highest BCUT2D eigenvalue weighted by Crippen LogP contribution is 2.45. The number of hydrogen-bond donors (Lipinski definition) is 2. The number of nitrogens with zero attached hydrogens (tertiary/aromatic N) is 2. The van der Waals surface area contributed by atoms with Crippen LogP contribution < -0.4 is 15.2 Å². The first-order valence-electron chi connectivity index (χ1n) is 8.19. The van der Waals surface area contributed by atoms with Crippen molar-refractivity contribution in [1.29, 1.82) is 5.26 Å². The Bertz CT molecular complexity index is 903. The maximum Gasteiger partial charge on any atom is 0.244 e. The van der Waals surface area contributed by atoms with Gasteiger partial charge in [-0.25, -0.2) is 0 Å². The van der Waals surface area contributed by atoms with E-state index in [0.29, 0.717) is 11.5 Å². The van der Waals surface area contributed by atoms with Crippen molar-refractivity contribution >= 4 is 0 Å². The fourth-order valence-corrected chi connectivity index (χ4v) is 3.36. The molecule has 3 rings (SSSR count). The lowest BCUT2D eigenvalue weighted by molar-refractivity contribution is 0.378. The van der Waals surface area contributed by atoms with Crippen molar-refractivity contribution < 1.29 is 9.47 Å². The van der Waals surface area contributed by atoms with Gasteiger partial charge >= 0.3 is 0 Å². The first-order valence-corrected chi connectivity index (χ1v) is 8.19. The average molecular weight is 338 g/mol. The van der Waals surface area contributed by atoms with Gasteiger partial charge in [0.2, 0.25) is 11.8 Å². The van der Waals surface area contributed by atoms with Gasteiger partial charge in [-0.05, 0) is 42.5 Å². The number of nitriles is 1. The van der Waals surface area contributed by atoms with Crippen LogP contribution >= 0.6 is 0 Å². The lowest BCUT2D eigenvalue weighted by atomic mass is 9.80. The van der Waals surface area contributed by atoms with Crippen LogP contribution in [0.3, 0.4) is 0 Å². The van der Waals surface area contributed by atoms with Crippen LogP contribution in [-0.4, -0.2) is 17.3 Å². The van der Waals surface area contributed by atoms with Crippen LogP contribution in [0.2, 0.25) is 0 Å². The van der Waals surface area contributed by atoms with E-state index in [4.69, 9.17) is 15.2 Å². The predicted molar refractivity (Wildman–Crippen MR) is 94.4 cm³/mol. The SMILES string of the molecule is COc1cc(C)c([C@H]2C(C#N)=C(N)Oc3n[nH]c(C)c32)cc1C(C)C. The van der Waals surface area contributed by atoms with E-state index in [2.05, 4.69) is 36.2 Å². The molecule has 6 heteroatoms. The number of nitrogens with two attached hydrogens (primary N) is 1. The van der Waals surface area contributed by atoms with Crippen molar-refractivity contribution in [3.63, 3.8) is 0 Å². The Kier molecular flexibility index (Phi) is 4.17. The number of aromatic nitrogens is 2. The van der Waals surface area contributed by atoms with Crippen LogP contribution in [-0.2, 0) is 0 Å². The number of fused-ring (bicyclic) bond motifs is 1. The molecule has 25 heavy (non-hydrogen) atoms. The summed E-state index contributed by atoms with van der Waals surface area (Å²) in [7, 11) is 1.67. The number of benzene rings is 1. The molecule has 0 aliphatic carbocycles. The van der Waals surface area contributed by atoms with Gasteiger partial charge in [0.15, 0.2) is 0 Å². The molecule has 0 radical (unpaired) electrons. The molecule has 1 aromatic heterocycles. The smallest absolute Gasteiger partial charge is 0.244 e. The largest absolute Gasteiger partial charge is 0.496 e. The van der Waals surface area contributed by atoms with E-state index in [-0.39, 0.29) is 17.7 Å². The number of aromatic amines is 1. The minimum absolute atomic E-state index is 0.104. The highest BCUT2D eigenvalue weighted by Gasteiger charge is 2.35. The first-order chi connectivity index (χ1) is 11.9. The Morgan fingerprint density at radius 1 is 1.36 bits per heavy atom. The molecule has 1 aliphatic rings. The highest BCUT2D eigenvalue weighted by molar-refractivity contribution is 5.58. The summed E-state index contributed by atoms with van der Waals surface area (Å²) in [5.74, 6) is 1.36. The van der Waals surface area contributed by atoms with Crippen molar-refractivity contribution in [2.24, 2.45) is 5.73 Å². The minimum atomic E-state index is -0.309. The van der Waals surface area contributed by atoms with E-state index in [1.165, 1.54) is 0 Å². The van der Waals surface area contributed by atoms with Gasteiger partial charge in [0.05, 0.1) is 13.0 Å². The second-order valence-corrected chi connectivity index (χ2v) is 6.60. The minimum Gasteiger partial charge on any atom is -0.496 e. The van der Waals surface area contributed by atoms with Gasteiger partial charge in [0.25, 0.3) is 0 Å². The zero-order valence-electron chi connectivity index (χ0n) is 15.1. The quantitative estimate of drug-likeness (QED) is 0.894. The third-order valence-corrected chi connectivity index (χ3v) is 4.68. The van der Waals surface area contributed by atoms with E-state index in [1.807, 2.05) is 19.9 Å². The second-order valence-electron chi connectivity index (χ2n) is 6.60. The van der Waals surface area contributed by atoms with E-state index >= 15 is 0 Å². The van der Waals surface area contributed by atoms with Crippen molar-refractivity contribution in [2.75, 3.05) is 7.11 Å². The number of H-pyrrole nitrogens is 1. The lowest BCUT2D eigenvalue weighted by Gasteiger charge is -2.26. The van der Waals surface area contributed by atoms with Crippen LogP contribution in [0.1, 0.15) is 53.6 Å². The average Bonchev–Trinajstić information content (AvgIpc) is 2.93. The summed E-state index contributed by atoms with van der Waals surface area (Å²) in [6.07, 6.45) is 0. The van der Waals surface area contributed by atoms with Crippen LogP contribution in [0.25, 0.3) is 0 Å². The van der Waals surface area contributed by atoms with E-state index in [1.54, 1.807) is 7.11 Å². The summed E-state index contributed by atoms with van der Waals surface area (Å²) in [5, 5.41) is 16.8. The Labute approximate surface area is 147 Å². The number of ether oxygens (including phenoxy) is 2. The molecule has 3 N–H and O–H groups in total. The molecule has 0 unspecified atom stereocenters. The van der Waals surface area contributed by atoms with E-state index in [0.717, 1.165) is 33.7 Å². The zero-order chi connectivity index (χ0) is 18.3. The number of rotatable bonds is 3. The van der Waals surface area contributed by atoms with Gasteiger partial charge in [-0.2, -0.15) is 5.26 Å². The van der Waals surface area contributed by atoms with Crippen LogP contribution in [0, 0.1) is 25.2 Å².